The monoisotopic (exact) mass is 356 g/mol. The lowest BCUT2D eigenvalue weighted by atomic mass is 9.71. The topological polar surface area (TPSA) is 9.23 Å². The molecule has 0 heterocycles. The van der Waals surface area contributed by atoms with Gasteiger partial charge in [0, 0.05) is 6.61 Å². The molecular weight excluding hydrogens is 308 g/mol. The molecule has 0 fully saturated rings. The van der Waals surface area contributed by atoms with Crippen LogP contribution < -0.4 is 0 Å². The molecule has 0 radical (unpaired) electrons. The summed E-state index contributed by atoms with van der Waals surface area (Å²) in [5, 5.41) is 0. The van der Waals surface area contributed by atoms with Gasteiger partial charge in [-0.15, -0.1) is 0 Å². The van der Waals surface area contributed by atoms with E-state index in [0.29, 0.717) is 5.41 Å². The van der Waals surface area contributed by atoms with E-state index in [4.69, 9.17) is 4.43 Å². The summed E-state index contributed by atoms with van der Waals surface area (Å²) in [6.45, 7) is 7.98. The van der Waals surface area contributed by atoms with Crippen LogP contribution in [0.25, 0.3) is 0 Å². The summed E-state index contributed by atoms with van der Waals surface area (Å²) in [6.07, 6.45) is 24.2. The Kier molecular flexibility index (Phi) is 18.1. The Hall–Kier alpha value is 0.177. The summed E-state index contributed by atoms with van der Waals surface area (Å²) in [4.78, 5) is 0. The zero-order valence-corrected chi connectivity index (χ0v) is 19.6. The lowest BCUT2D eigenvalue weighted by Crippen LogP contribution is -2.22. The fraction of sp³-hybridized carbons (Fsp3) is 1.00. The summed E-state index contributed by atoms with van der Waals surface area (Å²) in [5.41, 5.74) is 0.634. The predicted octanol–water partition coefficient (Wildman–Crippen LogP) is 6.96. The lowest BCUT2D eigenvalue weighted by molar-refractivity contribution is 0.161. The van der Waals surface area contributed by atoms with E-state index in [9.17, 15) is 0 Å². The van der Waals surface area contributed by atoms with Gasteiger partial charge < -0.3 is 4.43 Å². The van der Waals surface area contributed by atoms with Crippen LogP contribution in [0.4, 0.5) is 0 Å². The highest BCUT2D eigenvalue weighted by Crippen LogP contribution is 2.41. The molecule has 0 unspecified atom stereocenters. The Labute approximate surface area is 157 Å². The van der Waals surface area contributed by atoms with Crippen LogP contribution in [-0.2, 0) is 4.43 Å². The molecular formula is C22H48OSi. The van der Waals surface area contributed by atoms with Crippen molar-refractivity contribution >= 4 is 10.5 Å². The molecule has 146 valence electrons. The molecule has 0 amide bonds. The highest BCUT2D eigenvalue weighted by molar-refractivity contribution is 5.97. The molecule has 1 nitrogen and oxygen atoms in total. The van der Waals surface area contributed by atoms with Crippen molar-refractivity contribution < 1.29 is 4.43 Å². The van der Waals surface area contributed by atoms with Crippen LogP contribution in [0.5, 0.6) is 0 Å². The minimum atomic E-state index is 0.634. The van der Waals surface area contributed by atoms with Crippen molar-refractivity contribution in [2.75, 3.05) is 6.61 Å². The normalized spacial score (nSPS) is 12.1. The van der Waals surface area contributed by atoms with Crippen LogP contribution in [0.15, 0.2) is 0 Å². The van der Waals surface area contributed by atoms with E-state index < -0.39 is 0 Å². The molecule has 24 heavy (non-hydrogen) atoms. The Morgan fingerprint density at radius 2 is 0.917 bits per heavy atom. The number of unbranched alkanes of at least 4 members (excludes halogenated alkanes) is 9. The van der Waals surface area contributed by atoms with Gasteiger partial charge in [0.15, 0.2) is 0 Å². The van der Waals surface area contributed by atoms with Gasteiger partial charge in [0.05, 0.1) is 0 Å². The van der Waals surface area contributed by atoms with Crippen LogP contribution >= 0.6 is 0 Å². The van der Waals surface area contributed by atoms with E-state index in [1.165, 1.54) is 109 Å². The number of rotatable bonds is 19. The molecule has 0 rings (SSSR count). The average Bonchev–Trinajstić information content (AvgIpc) is 2.60. The van der Waals surface area contributed by atoms with Crippen LogP contribution in [0, 0.1) is 5.41 Å². The van der Waals surface area contributed by atoms with E-state index in [-0.39, 0.29) is 0 Å². The van der Waals surface area contributed by atoms with Crippen molar-refractivity contribution in [1.29, 1.82) is 0 Å². The predicted molar refractivity (Wildman–Crippen MR) is 114 cm³/mol. The van der Waals surface area contributed by atoms with Gasteiger partial charge in [0.2, 0.25) is 0 Å². The molecule has 0 aromatic carbocycles. The van der Waals surface area contributed by atoms with E-state index in [2.05, 4.69) is 20.8 Å². The zero-order chi connectivity index (χ0) is 17.9. The first kappa shape index (κ1) is 24.2. The molecule has 0 spiro atoms. The number of hydrogen-bond acceptors (Lipinski definition) is 1. The number of hydrogen-bond donors (Lipinski definition) is 0. The molecule has 0 aliphatic carbocycles. The molecule has 0 aromatic rings. The van der Waals surface area contributed by atoms with Gasteiger partial charge in [-0.1, -0.05) is 97.8 Å². The highest BCUT2D eigenvalue weighted by atomic mass is 28.2. The zero-order valence-electron chi connectivity index (χ0n) is 17.6. The first-order chi connectivity index (χ1) is 11.7. The van der Waals surface area contributed by atoms with Gasteiger partial charge in [-0.25, -0.2) is 0 Å². The first-order valence-corrected chi connectivity index (χ1v) is 12.0. The molecule has 0 atom stereocenters. The molecule has 0 aromatic heterocycles. The second kappa shape index (κ2) is 18.0. The average molecular weight is 357 g/mol. The van der Waals surface area contributed by atoms with Crippen molar-refractivity contribution in [2.45, 2.75) is 130 Å². The second-order valence-corrected chi connectivity index (χ2v) is 8.61. The molecule has 0 N–H and O–H groups in total. The van der Waals surface area contributed by atoms with Crippen molar-refractivity contribution in [3.63, 3.8) is 0 Å². The van der Waals surface area contributed by atoms with Gasteiger partial charge in [0.1, 0.15) is 10.5 Å². The smallest absolute Gasteiger partial charge is 0.145 e. The quantitative estimate of drug-likeness (QED) is 0.179. The van der Waals surface area contributed by atoms with Gasteiger partial charge in [-0.3, -0.25) is 0 Å². The maximum Gasteiger partial charge on any atom is 0.145 e. The molecule has 2 heteroatoms. The largest absolute Gasteiger partial charge is 0.428 e. The van der Waals surface area contributed by atoms with Crippen LogP contribution in [0.2, 0.25) is 0 Å². The van der Waals surface area contributed by atoms with Crippen molar-refractivity contribution in [3.8, 4) is 0 Å². The summed E-state index contributed by atoms with van der Waals surface area (Å²) in [6, 6.07) is 0. The molecule has 0 saturated heterocycles. The summed E-state index contributed by atoms with van der Waals surface area (Å²) < 4.78 is 5.51. The molecule has 0 aliphatic heterocycles. The molecule has 0 bridgehead atoms. The van der Waals surface area contributed by atoms with Crippen molar-refractivity contribution in [1.82, 2.24) is 0 Å². The third kappa shape index (κ3) is 13.5. The minimum Gasteiger partial charge on any atom is -0.428 e. The SMILES string of the molecule is CCCCCCC(CCCCCC)(CCCCCC)CCCO[SiH3]. The van der Waals surface area contributed by atoms with Crippen LogP contribution in [0.3, 0.4) is 0 Å². The summed E-state index contributed by atoms with van der Waals surface area (Å²) in [7, 11) is 0.901. The summed E-state index contributed by atoms with van der Waals surface area (Å²) >= 11 is 0. The molecule has 0 aliphatic rings. The summed E-state index contributed by atoms with van der Waals surface area (Å²) in [5.74, 6) is 0. The second-order valence-electron chi connectivity index (χ2n) is 8.03. The van der Waals surface area contributed by atoms with Crippen LogP contribution in [-0.4, -0.2) is 17.1 Å². The Bertz CT molecular complexity index is 211. The van der Waals surface area contributed by atoms with Crippen molar-refractivity contribution in [3.05, 3.63) is 0 Å². The van der Waals surface area contributed by atoms with Gasteiger partial charge >= 0.3 is 0 Å². The third-order valence-electron chi connectivity index (χ3n) is 5.74. The first-order valence-electron chi connectivity index (χ1n) is 11.2. The van der Waals surface area contributed by atoms with Crippen molar-refractivity contribution in [2.24, 2.45) is 5.41 Å². The third-order valence-corrected chi connectivity index (χ3v) is 6.15. The maximum atomic E-state index is 5.51. The minimum absolute atomic E-state index is 0.634. The Morgan fingerprint density at radius 3 is 1.25 bits per heavy atom. The van der Waals surface area contributed by atoms with E-state index in [0.717, 1.165) is 17.1 Å². The Balaban J connectivity index is 4.58. The van der Waals surface area contributed by atoms with Crippen LogP contribution in [0.1, 0.15) is 130 Å². The maximum absolute atomic E-state index is 5.51. The van der Waals surface area contributed by atoms with Gasteiger partial charge in [-0.2, -0.15) is 0 Å². The van der Waals surface area contributed by atoms with E-state index in [1.807, 2.05) is 0 Å². The lowest BCUT2D eigenvalue weighted by Gasteiger charge is -2.35. The fourth-order valence-corrected chi connectivity index (χ4v) is 4.41. The highest BCUT2D eigenvalue weighted by Gasteiger charge is 2.28. The van der Waals surface area contributed by atoms with E-state index >= 15 is 0 Å². The Morgan fingerprint density at radius 1 is 0.542 bits per heavy atom. The van der Waals surface area contributed by atoms with Gasteiger partial charge in [-0.05, 0) is 37.5 Å². The van der Waals surface area contributed by atoms with Gasteiger partial charge in [0.25, 0.3) is 0 Å². The molecule has 0 saturated carbocycles. The van der Waals surface area contributed by atoms with E-state index in [1.54, 1.807) is 0 Å². The fourth-order valence-electron chi connectivity index (χ4n) is 4.12. The standard InChI is InChI=1S/C22H48OSi/c1-4-7-10-13-17-22(20-16-21-23-24,18-14-11-8-5-2)19-15-12-9-6-3/h4-21H2,1-3,24H3.